The number of rotatable bonds is 3. The zero-order chi connectivity index (χ0) is 14.0. The number of halogens is 2. The Kier molecular flexibility index (Phi) is 3.98. The molecule has 0 saturated heterocycles. The fourth-order valence-corrected chi connectivity index (χ4v) is 2.16. The number of hydrogen-bond acceptors (Lipinski definition) is 3. The van der Waals surface area contributed by atoms with Gasteiger partial charge in [0.1, 0.15) is 5.75 Å². The van der Waals surface area contributed by atoms with Crippen LogP contribution in [0.2, 0.25) is 10.0 Å². The van der Waals surface area contributed by atoms with Crippen LogP contribution in [0.4, 0.5) is 5.69 Å². The number of benzene rings is 2. The topological polar surface area (TPSA) is 52.3 Å². The summed E-state index contributed by atoms with van der Waals surface area (Å²) in [6, 6.07) is 9.74. The SMILES string of the molecule is COc1ccc(C(=O)c2cc(Cl)cc(Cl)c2N)cc1. The van der Waals surface area contributed by atoms with Crippen LogP contribution in [0.3, 0.4) is 0 Å². The number of ether oxygens (including phenoxy) is 1. The van der Waals surface area contributed by atoms with E-state index in [1.165, 1.54) is 12.1 Å². The molecule has 2 N–H and O–H groups in total. The quantitative estimate of drug-likeness (QED) is 0.692. The number of nitrogen functional groups attached to an aromatic ring is 1. The summed E-state index contributed by atoms with van der Waals surface area (Å²) in [7, 11) is 1.56. The summed E-state index contributed by atoms with van der Waals surface area (Å²) in [6.45, 7) is 0. The molecule has 0 aromatic heterocycles. The van der Waals surface area contributed by atoms with Crippen LogP contribution in [0.25, 0.3) is 0 Å². The fraction of sp³-hybridized carbons (Fsp3) is 0.0714. The highest BCUT2D eigenvalue weighted by atomic mass is 35.5. The van der Waals surface area contributed by atoms with Gasteiger partial charge in [-0.1, -0.05) is 23.2 Å². The molecule has 0 aliphatic heterocycles. The molecule has 98 valence electrons. The fourth-order valence-electron chi connectivity index (χ4n) is 1.67. The smallest absolute Gasteiger partial charge is 0.195 e. The van der Waals surface area contributed by atoms with Crippen molar-refractivity contribution in [1.82, 2.24) is 0 Å². The average molecular weight is 296 g/mol. The average Bonchev–Trinajstić information content (AvgIpc) is 2.42. The number of hydrogen-bond donors (Lipinski definition) is 1. The normalized spacial score (nSPS) is 10.3. The van der Waals surface area contributed by atoms with Gasteiger partial charge in [-0.3, -0.25) is 4.79 Å². The summed E-state index contributed by atoms with van der Waals surface area (Å²) in [5, 5.41) is 0.639. The molecule has 19 heavy (non-hydrogen) atoms. The van der Waals surface area contributed by atoms with E-state index in [1.54, 1.807) is 31.4 Å². The molecule has 2 rings (SSSR count). The van der Waals surface area contributed by atoms with Gasteiger partial charge in [-0.15, -0.1) is 0 Å². The summed E-state index contributed by atoms with van der Waals surface area (Å²) < 4.78 is 5.04. The van der Waals surface area contributed by atoms with E-state index in [2.05, 4.69) is 0 Å². The predicted molar refractivity (Wildman–Crippen MR) is 77.3 cm³/mol. The lowest BCUT2D eigenvalue weighted by Gasteiger charge is -2.08. The number of carbonyl (C=O) groups excluding carboxylic acids is 1. The molecule has 5 heteroatoms. The molecule has 0 atom stereocenters. The summed E-state index contributed by atoms with van der Waals surface area (Å²) in [4.78, 5) is 12.3. The van der Waals surface area contributed by atoms with Crippen LogP contribution in [-0.4, -0.2) is 12.9 Å². The molecular formula is C14H11Cl2NO2. The first kappa shape index (κ1) is 13.7. The standard InChI is InChI=1S/C14H11Cl2NO2/c1-19-10-4-2-8(3-5-10)14(18)11-6-9(15)7-12(16)13(11)17/h2-7H,17H2,1H3. The molecule has 0 unspecified atom stereocenters. The number of ketones is 1. The van der Waals surface area contributed by atoms with E-state index in [9.17, 15) is 4.79 Å². The minimum atomic E-state index is -0.232. The lowest BCUT2D eigenvalue weighted by Crippen LogP contribution is -2.06. The van der Waals surface area contributed by atoms with E-state index < -0.39 is 0 Å². The summed E-state index contributed by atoms with van der Waals surface area (Å²) in [6.07, 6.45) is 0. The molecule has 0 amide bonds. The third-order valence-corrected chi connectivity index (χ3v) is 3.22. The van der Waals surface area contributed by atoms with Crippen LogP contribution in [0.5, 0.6) is 5.75 Å². The Morgan fingerprint density at radius 2 is 1.79 bits per heavy atom. The maximum absolute atomic E-state index is 12.3. The molecule has 0 aliphatic carbocycles. The maximum Gasteiger partial charge on any atom is 0.195 e. The van der Waals surface area contributed by atoms with Crippen molar-refractivity contribution < 1.29 is 9.53 Å². The largest absolute Gasteiger partial charge is 0.497 e. The van der Waals surface area contributed by atoms with E-state index in [4.69, 9.17) is 33.7 Å². The molecule has 2 aromatic rings. The predicted octanol–water partition coefficient (Wildman–Crippen LogP) is 3.82. The third-order valence-electron chi connectivity index (χ3n) is 2.69. The highest BCUT2D eigenvalue weighted by Crippen LogP contribution is 2.29. The van der Waals surface area contributed by atoms with Crippen LogP contribution >= 0.6 is 23.2 Å². The van der Waals surface area contributed by atoms with Gasteiger partial charge >= 0.3 is 0 Å². The molecule has 0 fully saturated rings. The first-order valence-electron chi connectivity index (χ1n) is 5.46. The third kappa shape index (κ3) is 2.83. The zero-order valence-electron chi connectivity index (χ0n) is 10.1. The molecule has 0 saturated carbocycles. The number of methoxy groups -OCH3 is 1. The summed E-state index contributed by atoms with van der Waals surface area (Å²) in [5.41, 5.74) is 6.82. The van der Waals surface area contributed by atoms with E-state index in [1.807, 2.05) is 0 Å². The molecule has 0 heterocycles. The molecule has 3 nitrogen and oxygen atoms in total. The second-order valence-electron chi connectivity index (χ2n) is 3.91. The van der Waals surface area contributed by atoms with Crippen molar-refractivity contribution in [3.8, 4) is 5.75 Å². The van der Waals surface area contributed by atoms with Gasteiger partial charge < -0.3 is 10.5 Å². The van der Waals surface area contributed by atoms with Crippen molar-refractivity contribution in [2.24, 2.45) is 0 Å². The van der Waals surface area contributed by atoms with E-state index in [0.717, 1.165) is 0 Å². The van der Waals surface area contributed by atoms with Crippen molar-refractivity contribution in [3.63, 3.8) is 0 Å². The number of carbonyl (C=O) groups is 1. The number of nitrogens with two attached hydrogens (primary N) is 1. The number of anilines is 1. The van der Waals surface area contributed by atoms with Gasteiger partial charge in [0.25, 0.3) is 0 Å². The van der Waals surface area contributed by atoms with Crippen LogP contribution in [0.15, 0.2) is 36.4 Å². The van der Waals surface area contributed by atoms with Crippen LogP contribution in [0.1, 0.15) is 15.9 Å². The van der Waals surface area contributed by atoms with Gasteiger partial charge in [0, 0.05) is 16.1 Å². The molecule has 0 bridgehead atoms. The molecule has 0 spiro atoms. The van der Waals surface area contributed by atoms with Crippen molar-refractivity contribution in [1.29, 1.82) is 0 Å². The Balaban J connectivity index is 2.43. The van der Waals surface area contributed by atoms with E-state index in [-0.39, 0.29) is 16.5 Å². The van der Waals surface area contributed by atoms with Crippen LogP contribution < -0.4 is 10.5 Å². The van der Waals surface area contributed by atoms with Crippen molar-refractivity contribution in [2.75, 3.05) is 12.8 Å². The Labute approximate surface area is 120 Å². The summed E-state index contributed by atoms with van der Waals surface area (Å²) >= 11 is 11.8. The minimum absolute atomic E-state index is 0.229. The first-order valence-corrected chi connectivity index (χ1v) is 6.22. The highest BCUT2D eigenvalue weighted by molar-refractivity contribution is 6.37. The van der Waals surface area contributed by atoms with Gasteiger partial charge in [0.15, 0.2) is 5.78 Å². The van der Waals surface area contributed by atoms with Gasteiger partial charge in [-0.25, -0.2) is 0 Å². The Morgan fingerprint density at radius 3 is 2.37 bits per heavy atom. The molecule has 0 aliphatic rings. The lowest BCUT2D eigenvalue weighted by atomic mass is 10.0. The van der Waals surface area contributed by atoms with E-state index >= 15 is 0 Å². The molecule has 2 aromatic carbocycles. The van der Waals surface area contributed by atoms with Gasteiger partial charge in [-0.05, 0) is 36.4 Å². The Morgan fingerprint density at radius 1 is 1.16 bits per heavy atom. The Hall–Kier alpha value is -1.71. The van der Waals surface area contributed by atoms with Crippen LogP contribution in [0, 0.1) is 0 Å². The summed E-state index contributed by atoms with van der Waals surface area (Å²) in [5.74, 6) is 0.443. The van der Waals surface area contributed by atoms with Crippen molar-refractivity contribution in [3.05, 3.63) is 57.6 Å². The molecular weight excluding hydrogens is 285 g/mol. The maximum atomic E-state index is 12.3. The lowest BCUT2D eigenvalue weighted by molar-refractivity contribution is 0.103. The van der Waals surface area contributed by atoms with Gasteiger partial charge in [-0.2, -0.15) is 0 Å². The second kappa shape index (κ2) is 5.51. The van der Waals surface area contributed by atoms with E-state index in [0.29, 0.717) is 21.9 Å². The highest BCUT2D eigenvalue weighted by Gasteiger charge is 2.15. The Bertz CT molecular complexity index is 624. The van der Waals surface area contributed by atoms with Gasteiger partial charge in [0.05, 0.1) is 17.8 Å². The van der Waals surface area contributed by atoms with Gasteiger partial charge in [0.2, 0.25) is 0 Å². The van der Waals surface area contributed by atoms with Crippen molar-refractivity contribution >= 4 is 34.7 Å². The minimum Gasteiger partial charge on any atom is -0.497 e. The first-order chi connectivity index (χ1) is 9.02. The zero-order valence-corrected chi connectivity index (χ0v) is 11.6. The van der Waals surface area contributed by atoms with Crippen LogP contribution in [-0.2, 0) is 0 Å². The monoisotopic (exact) mass is 295 g/mol. The molecule has 0 radical (unpaired) electrons. The second-order valence-corrected chi connectivity index (χ2v) is 4.75. The van der Waals surface area contributed by atoms with Crippen molar-refractivity contribution in [2.45, 2.75) is 0 Å².